The van der Waals surface area contributed by atoms with Gasteiger partial charge in [-0.15, -0.1) is 0 Å². The highest BCUT2D eigenvalue weighted by Gasteiger charge is 2.26. The summed E-state index contributed by atoms with van der Waals surface area (Å²) in [7, 11) is 0. The van der Waals surface area contributed by atoms with E-state index in [2.05, 4.69) is 43.0 Å². The largest absolute Gasteiger partial charge is 0.394 e. The Hall–Kier alpha value is -0.860. The summed E-state index contributed by atoms with van der Waals surface area (Å²) in [5.41, 5.74) is 1.24. The van der Waals surface area contributed by atoms with E-state index in [9.17, 15) is 5.11 Å². The normalized spacial score (nSPS) is 20.2. The molecule has 0 unspecified atom stereocenters. The van der Waals surface area contributed by atoms with Crippen LogP contribution in [0, 0.1) is 11.8 Å². The van der Waals surface area contributed by atoms with Gasteiger partial charge in [-0.1, -0.05) is 44.2 Å². The third kappa shape index (κ3) is 3.12. The van der Waals surface area contributed by atoms with Crippen LogP contribution in [0.15, 0.2) is 30.3 Å². The van der Waals surface area contributed by atoms with Crippen LogP contribution in [-0.2, 0) is 0 Å². The van der Waals surface area contributed by atoms with Gasteiger partial charge in [-0.25, -0.2) is 0 Å². The second-order valence-corrected chi connectivity index (χ2v) is 5.73. The average Bonchev–Trinajstić information content (AvgIpc) is 2.41. The Labute approximate surface area is 111 Å². The van der Waals surface area contributed by atoms with E-state index < -0.39 is 0 Å². The van der Waals surface area contributed by atoms with Gasteiger partial charge in [-0.05, 0) is 43.3 Å². The van der Waals surface area contributed by atoms with Gasteiger partial charge in [0.2, 0.25) is 0 Å². The summed E-state index contributed by atoms with van der Waals surface area (Å²) < 4.78 is 0. The molecule has 0 spiro atoms. The third-order valence-corrected chi connectivity index (χ3v) is 4.32. The van der Waals surface area contributed by atoms with Crippen LogP contribution in [0.5, 0.6) is 0 Å². The minimum atomic E-state index is 0.180. The first-order chi connectivity index (χ1) is 8.72. The molecule has 100 valence electrons. The summed E-state index contributed by atoms with van der Waals surface area (Å²) in [5.74, 6) is 1.65. The Morgan fingerprint density at radius 1 is 1.17 bits per heavy atom. The minimum Gasteiger partial charge on any atom is -0.394 e. The van der Waals surface area contributed by atoms with E-state index in [0.29, 0.717) is 0 Å². The summed E-state index contributed by atoms with van der Waals surface area (Å²) in [6.07, 6.45) is 2.53. The van der Waals surface area contributed by atoms with Crippen LogP contribution < -0.4 is 0 Å². The molecule has 18 heavy (non-hydrogen) atoms. The summed E-state index contributed by atoms with van der Waals surface area (Å²) >= 11 is 0. The summed E-state index contributed by atoms with van der Waals surface area (Å²) in [4.78, 5) is 2.44. The summed E-state index contributed by atoms with van der Waals surface area (Å²) in [6, 6.07) is 10.6. The van der Waals surface area contributed by atoms with Crippen LogP contribution in [0.4, 0.5) is 0 Å². The van der Waals surface area contributed by atoms with Crippen molar-refractivity contribution in [3.63, 3.8) is 0 Å². The van der Waals surface area contributed by atoms with E-state index in [1.807, 2.05) is 6.07 Å². The number of hydrogen-bond acceptors (Lipinski definition) is 2. The van der Waals surface area contributed by atoms with E-state index in [4.69, 9.17) is 0 Å². The molecule has 1 aliphatic rings. The number of nitrogens with zero attached hydrogens (tertiary/aromatic N) is 1. The Bertz CT molecular complexity index is 341. The lowest BCUT2D eigenvalue weighted by Crippen LogP contribution is -2.39. The first-order valence-electron chi connectivity index (χ1n) is 7.12. The van der Waals surface area contributed by atoms with Crippen molar-refractivity contribution >= 4 is 0 Å². The van der Waals surface area contributed by atoms with Gasteiger partial charge in [0.25, 0.3) is 0 Å². The highest BCUT2D eigenvalue weighted by Crippen LogP contribution is 2.29. The standard InChI is InChI=1S/C16H25NO/c1-13(2)14-8-10-17(11-9-14)16(12-18)15-6-4-3-5-7-15/h3-7,13-14,16,18H,8-12H2,1-2H3/t16-/m0/s1. The van der Waals surface area contributed by atoms with E-state index in [-0.39, 0.29) is 12.6 Å². The molecule has 1 atom stereocenters. The van der Waals surface area contributed by atoms with Gasteiger partial charge in [0.1, 0.15) is 0 Å². The molecule has 1 saturated heterocycles. The van der Waals surface area contributed by atoms with Crippen molar-refractivity contribution in [2.24, 2.45) is 11.8 Å². The molecule has 0 bridgehead atoms. The number of aliphatic hydroxyl groups is 1. The van der Waals surface area contributed by atoms with Crippen LogP contribution in [0.25, 0.3) is 0 Å². The molecule has 1 aromatic carbocycles. The molecule has 0 radical (unpaired) electrons. The SMILES string of the molecule is CC(C)C1CCN([C@@H](CO)c2ccccc2)CC1. The molecular formula is C16H25NO. The highest BCUT2D eigenvalue weighted by atomic mass is 16.3. The van der Waals surface area contributed by atoms with Crippen LogP contribution in [0.2, 0.25) is 0 Å². The third-order valence-electron chi connectivity index (χ3n) is 4.32. The van der Waals surface area contributed by atoms with Crippen LogP contribution in [0.3, 0.4) is 0 Å². The van der Waals surface area contributed by atoms with E-state index in [0.717, 1.165) is 24.9 Å². The van der Waals surface area contributed by atoms with Crippen molar-refractivity contribution in [1.29, 1.82) is 0 Å². The molecule has 1 aromatic rings. The van der Waals surface area contributed by atoms with Crippen LogP contribution >= 0.6 is 0 Å². The maximum atomic E-state index is 9.67. The maximum absolute atomic E-state index is 9.67. The Kier molecular flexibility index (Phi) is 4.79. The van der Waals surface area contributed by atoms with E-state index in [1.165, 1.54) is 18.4 Å². The second-order valence-electron chi connectivity index (χ2n) is 5.73. The molecular weight excluding hydrogens is 222 g/mol. The number of benzene rings is 1. The van der Waals surface area contributed by atoms with Crippen LogP contribution in [-0.4, -0.2) is 29.7 Å². The maximum Gasteiger partial charge on any atom is 0.0628 e. The molecule has 2 heteroatoms. The average molecular weight is 247 g/mol. The molecule has 0 aliphatic carbocycles. The number of likely N-dealkylation sites (tertiary alicyclic amines) is 1. The zero-order valence-corrected chi connectivity index (χ0v) is 11.5. The number of rotatable bonds is 4. The second kappa shape index (κ2) is 6.35. The zero-order chi connectivity index (χ0) is 13.0. The lowest BCUT2D eigenvalue weighted by Gasteiger charge is -2.38. The molecule has 1 heterocycles. The van der Waals surface area contributed by atoms with Gasteiger partial charge in [0.05, 0.1) is 12.6 Å². The van der Waals surface area contributed by atoms with Gasteiger partial charge in [-0.2, -0.15) is 0 Å². The first kappa shape index (κ1) is 13.6. The minimum absolute atomic E-state index is 0.180. The summed E-state index contributed by atoms with van der Waals surface area (Å²) in [6.45, 7) is 7.09. The molecule has 1 N–H and O–H groups in total. The van der Waals surface area contributed by atoms with Gasteiger partial charge >= 0.3 is 0 Å². The Balaban J connectivity index is 1.99. The lowest BCUT2D eigenvalue weighted by atomic mass is 9.86. The number of aliphatic hydroxyl groups excluding tert-OH is 1. The lowest BCUT2D eigenvalue weighted by molar-refractivity contribution is 0.0764. The fourth-order valence-corrected chi connectivity index (χ4v) is 3.00. The van der Waals surface area contributed by atoms with E-state index >= 15 is 0 Å². The highest BCUT2D eigenvalue weighted by molar-refractivity contribution is 5.19. The molecule has 0 aromatic heterocycles. The molecule has 0 saturated carbocycles. The summed E-state index contributed by atoms with van der Waals surface area (Å²) in [5, 5.41) is 9.67. The topological polar surface area (TPSA) is 23.5 Å². The molecule has 2 rings (SSSR count). The molecule has 1 fully saturated rings. The smallest absolute Gasteiger partial charge is 0.0628 e. The predicted molar refractivity (Wildman–Crippen MR) is 75.4 cm³/mol. The Morgan fingerprint density at radius 2 is 1.78 bits per heavy atom. The van der Waals surface area contributed by atoms with Crippen LogP contribution in [0.1, 0.15) is 38.3 Å². The van der Waals surface area contributed by atoms with Crippen molar-refractivity contribution in [2.75, 3.05) is 19.7 Å². The van der Waals surface area contributed by atoms with Crippen molar-refractivity contribution in [2.45, 2.75) is 32.7 Å². The zero-order valence-electron chi connectivity index (χ0n) is 11.5. The van der Waals surface area contributed by atoms with E-state index in [1.54, 1.807) is 0 Å². The number of hydrogen-bond donors (Lipinski definition) is 1. The quantitative estimate of drug-likeness (QED) is 0.884. The monoisotopic (exact) mass is 247 g/mol. The van der Waals surface area contributed by atoms with Gasteiger partial charge < -0.3 is 5.11 Å². The first-order valence-corrected chi connectivity index (χ1v) is 7.12. The molecule has 0 amide bonds. The van der Waals surface area contributed by atoms with Gasteiger partial charge in [0.15, 0.2) is 0 Å². The Morgan fingerprint density at radius 3 is 2.28 bits per heavy atom. The predicted octanol–water partition coefficient (Wildman–Crippen LogP) is 3.09. The number of piperidine rings is 1. The fraction of sp³-hybridized carbons (Fsp3) is 0.625. The fourth-order valence-electron chi connectivity index (χ4n) is 3.00. The van der Waals surface area contributed by atoms with Crippen molar-refractivity contribution in [3.8, 4) is 0 Å². The molecule has 1 aliphatic heterocycles. The van der Waals surface area contributed by atoms with Crippen molar-refractivity contribution in [1.82, 2.24) is 4.90 Å². The van der Waals surface area contributed by atoms with Gasteiger partial charge in [0, 0.05) is 0 Å². The van der Waals surface area contributed by atoms with Crippen molar-refractivity contribution in [3.05, 3.63) is 35.9 Å². The van der Waals surface area contributed by atoms with Gasteiger partial charge in [-0.3, -0.25) is 4.90 Å². The molecule has 2 nitrogen and oxygen atoms in total. The van der Waals surface area contributed by atoms with Crippen molar-refractivity contribution < 1.29 is 5.11 Å².